The van der Waals surface area contributed by atoms with Crippen LogP contribution in [0, 0.1) is 5.82 Å². The summed E-state index contributed by atoms with van der Waals surface area (Å²) in [6.07, 6.45) is 0. The molecule has 0 radical (unpaired) electrons. The van der Waals surface area contributed by atoms with Crippen LogP contribution >= 0.6 is 34.8 Å². The molecular formula is C12H8Cl3FN2. The maximum Gasteiger partial charge on any atom is 0.143 e. The first kappa shape index (κ1) is 13.3. The van der Waals surface area contributed by atoms with E-state index < -0.39 is 5.82 Å². The molecule has 2 nitrogen and oxygen atoms in total. The normalized spacial score (nSPS) is 10.4. The Balaban J connectivity index is 2.34. The molecule has 0 aliphatic heterocycles. The fourth-order valence-electron chi connectivity index (χ4n) is 1.40. The van der Waals surface area contributed by atoms with Gasteiger partial charge in [-0.05, 0) is 24.3 Å². The average molecular weight is 306 g/mol. The van der Waals surface area contributed by atoms with Gasteiger partial charge in [0.1, 0.15) is 5.82 Å². The largest absolute Gasteiger partial charge is 0.397 e. The van der Waals surface area contributed by atoms with E-state index >= 15 is 0 Å². The van der Waals surface area contributed by atoms with Crippen molar-refractivity contribution in [1.29, 1.82) is 0 Å². The van der Waals surface area contributed by atoms with Gasteiger partial charge in [0.25, 0.3) is 0 Å². The number of hydrogen-bond donors (Lipinski definition) is 2. The van der Waals surface area contributed by atoms with Gasteiger partial charge < -0.3 is 11.1 Å². The van der Waals surface area contributed by atoms with Gasteiger partial charge in [-0.2, -0.15) is 0 Å². The second-order valence-electron chi connectivity index (χ2n) is 3.61. The van der Waals surface area contributed by atoms with Gasteiger partial charge in [0, 0.05) is 11.8 Å². The molecule has 2 aromatic rings. The van der Waals surface area contributed by atoms with Gasteiger partial charge in [0.2, 0.25) is 0 Å². The molecule has 2 aromatic carbocycles. The SMILES string of the molecule is Nc1cc(F)c(Cl)cc1Nc1ccc(Cl)c(Cl)c1. The molecule has 18 heavy (non-hydrogen) atoms. The second kappa shape index (κ2) is 5.22. The number of rotatable bonds is 2. The summed E-state index contributed by atoms with van der Waals surface area (Å²) >= 11 is 17.4. The summed E-state index contributed by atoms with van der Waals surface area (Å²) in [5.41, 5.74) is 7.12. The molecule has 0 aliphatic carbocycles. The molecule has 0 aliphatic rings. The second-order valence-corrected chi connectivity index (χ2v) is 4.83. The molecule has 2 rings (SSSR count). The number of nitrogens with one attached hydrogen (secondary N) is 1. The molecule has 94 valence electrons. The van der Waals surface area contributed by atoms with Gasteiger partial charge in [-0.3, -0.25) is 0 Å². The van der Waals surface area contributed by atoms with Gasteiger partial charge in [-0.1, -0.05) is 34.8 Å². The molecule has 0 heterocycles. The van der Waals surface area contributed by atoms with Crippen molar-refractivity contribution in [2.24, 2.45) is 0 Å². The van der Waals surface area contributed by atoms with Crippen molar-refractivity contribution >= 4 is 51.9 Å². The maximum atomic E-state index is 13.1. The zero-order chi connectivity index (χ0) is 13.3. The quantitative estimate of drug-likeness (QED) is 0.756. The third kappa shape index (κ3) is 2.80. The van der Waals surface area contributed by atoms with E-state index in [-0.39, 0.29) is 10.7 Å². The average Bonchev–Trinajstić information content (AvgIpc) is 2.31. The number of halogens is 4. The van der Waals surface area contributed by atoms with Crippen molar-refractivity contribution in [3.8, 4) is 0 Å². The summed E-state index contributed by atoms with van der Waals surface area (Å²) in [7, 11) is 0. The predicted octanol–water partition coefficient (Wildman–Crippen LogP) is 5.11. The Hall–Kier alpha value is -1.16. The molecule has 0 spiro atoms. The van der Waals surface area contributed by atoms with E-state index in [0.717, 1.165) is 6.07 Å². The fourth-order valence-corrected chi connectivity index (χ4v) is 1.86. The minimum Gasteiger partial charge on any atom is -0.397 e. The van der Waals surface area contributed by atoms with Gasteiger partial charge in [-0.25, -0.2) is 4.39 Å². The Labute approximate surface area is 118 Å². The van der Waals surface area contributed by atoms with E-state index in [1.165, 1.54) is 6.07 Å². The summed E-state index contributed by atoms with van der Waals surface area (Å²) in [6.45, 7) is 0. The first-order chi connectivity index (χ1) is 8.47. The summed E-state index contributed by atoms with van der Waals surface area (Å²) in [6, 6.07) is 7.58. The first-order valence-corrected chi connectivity index (χ1v) is 6.07. The van der Waals surface area contributed by atoms with Crippen LogP contribution < -0.4 is 11.1 Å². The van der Waals surface area contributed by atoms with Crippen LogP contribution in [0.4, 0.5) is 21.5 Å². The lowest BCUT2D eigenvalue weighted by Crippen LogP contribution is -1.97. The molecule has 3 N–H and O–H groups in total. The Morgan fingerprint density at radius 1 is 0.944 bits per heavy atom. The lowest BCUT2D eigenvalue weighted by Gasteiger charge is -2.11. The Bertz CT molecular complexity index is 602. The zero-order valence-corrected chi connectivity index (χ0v) is 11.2. The predicted molar refractivity (Wildman–Crippen MR) is 75.6 cm³/mol. The van der Waals surface area contributed by atoms with E-state index in [1.807, 2.05) is 0 Å². The molecule has 0 bridgehead atoms. The lowest BCUT2D eigenvalue weighted by molar-refractivity contribution is 0.629. The van der Waals surface area contributed by atoms with Crippen LogP contribution in [0.25, 0.3) is 0 Å². The monoisotopic (exact) mass is 304 g/mol. The Morgan fingerprint density at radius 2 is 1.67 bits per heavy atom. The summed E-state index contributed by atoms with van der Waals surface area (Å²) in [5.74, 6) is -0.561. The van der Waals surface area contributed by atoms with Gasteiger partial charge in [-0.15, -0.1) is 0 Å². The minimum absolute atomic E-state index is 0.00763. The highest BCUT2D eigenvalue weighted by molar-refractivity contribution is 6.42. The molecule has 0 atom stereocenters. The highest BCUT2D eigenvalue weighted by Crippen LogP contribution is 2.31. The lowest BCUT2D eigenvalue weighted by atomic mass is 10.2. The van der Waals surface area contributed by atoms with E-state index in [4.69, 9.17) is 40.5 Å². The number of nitrogens with two attached hydrogens (primary N) is 1. The van der Waals surface area contributed by atoms with Crippen LogP contribution in [-0.2, 0) is 0 Å². The maximum absolute atomic E-state index is 13.1. The minimum atomic E-state index is -0.561. The van der Waals surface area contributed by atoms with Crippen molar-refractivity contribution in [2.45, 2.75) is 0 Å². The van der Waals surface area contributed by atoms with E-state index in [1.54, 1.807) is 18.2 Å². The highest BCUT2D eigenvalue weighted by atomic mass is 35.5. The van der Waals surface area contributed by atoms with Crippen LogP contribution in [0.15, 0.2) is 30.3 Å². The van der Waals surface area contributed by atoms with E-state index in [9.17, 15) is 4.39 Å². The molecular weight excluding hydrogens is 298 g/mol. The number of benzene rings is 2. The summed E-state index contributed by atoms with van der Waals surface area (Å²) in [5, 5.41) is 3.84. The van der Waals surface area contributed by atoms with Crippen LogP contribution in [0.3, 0.4) is 0 Å². The highest BCUT2D eigenvalue weighted by Gasteiger charge is 2.07. The third-order valence-electron chi connectivity index (χ3n) is 2.29. The zero-order valence-electron chi connectivity index (χ0n) is 8.98. The van der Waals surface area contributed by atoms with Crippen LogP contribution in [-0.4, -0.2) is 0 Å². The molecule has 6 heteroatoms. The molecule has 0 fully saturated rings. The van der Waals surface area contributed by atoms with Crippen LogP contribution in [0.2, 0.25) is 15.1 Å². The van der Waals surface area contributed by atoms with Crippen molar-refractivity contribution in [2.75, 3.05) is 11.1 Å². The fraction of sp³-hybridized carbons (Fsp3) is 0. The summed E-state index contributed by atoms with van der Waals surface area (Å²) < 4.78 is 13.1. The standard InChI is InChI=1S/C12H8Cl3FN2/c13-7-2-1-6(3-8(7)14)18-12-4-9(15)10(16)5-11(12)17/h1-5,18H,17H2. The summed E-state index contributed by atoms with van der Waals surface area (Å²) in [4.78, 5) is 0. The van der Waals surface area contributed by atoms with Gasteiger partial charge >= 0.3 is 0 Å². The van der Waals surface area contributed by atoms with Crippen molar-refractivity contribution < 1.29 is 4.39 Å². The molecule has 0 amide bonds. The molecule has 0 unspecified atom stereocenters. The van der Waals surface area contributed by atoms with Crippen LogP contribution in [0.1, 0.15) is 0 Å². The van der Waals surface area contributed by atoms with E-state index in [2.05, 4.69) is 5.32 Å². The van der Waals surface area contributed by atoms with Gasteiger partial charge in [0.15, 0.2) is 0 Å². The number of nitrogen functional groups attached to an aromatic ring is 1. The topological polar surface area (TPSA) is 38.0 Å². The van der Waals surface area contributed by atoms with Gasteiger partial charge in [0.05, 0.1) is 26.4 Å². The van der Waals surface area contributed by atoms with Crippen molar-refractivity contribution in [1.82, 2.24) is 0 Å². The van der Waals surface area contributed by atoms with Crippen molar-refractivity contribution in [3.63, 3.8) is 0 Å². The van der Waals surface area contributed by atoms with Crippen LogP contribution in [0.5, 0.6) is 0 Å². The Morgan fingerprint density at radius 3 is 2.33 bits per heavy atom. The molecule has 0 saturated carbocycles. The van der Waals surface area contributed by atoms with E-state index in [0.29, 0.717) is 21.4 Å². The Kier molecular flexibility index (Phi) is 3.85. The number of hydrogen-bond acceptors (Lipinski definition) is 2. The molecule has 0 aromatic heterocycles. The van der Waals surface area contributed by atoms with Crippen molar-refractivity contribution in [3.05, 3.63) is 51.2 Å². The third-order valence-corrected chi connectivity index (χ3v) is 3.32. The first-order valence-electron chi connectivity index (χ1n) is 4.94. The smallest absolute Gasteiger partial charge is 0.143 e. The molecule has 0 saturated heterocycles. The number of anilines is 3.